The van der Waals surface area contributed by atoms with Crippen molar-refractivity contribution in [2.24, 2.45) is 5.10 Å². The van der Waals surface area contributed by atoms with Crippen molar-refractivity contribution in [1.82, 2.24) is 14.9 Å². The standard InChI is InChI=1S/C18H15ClN4OS/c1-2-24-13-9-7-12(8-10-13)16-11-25-18-21-20-17(23(18)22-16)14-5-3-4-6-15(14)19/h3-10H,2,11H2,1H3. The van der Waals surface area contributed by atoms with Crippen LogP contribution in [0.15, 0.2) is 58.8 Å². The maximum atomic E-state index is 6.31. The number of ether oxygens (including phenoxy) is 1. The fraction of sp³-hybridized carbons (Fsp3) is 0.167. The van der Waals surface area contributed by atoms with E-state index in [-0.39, 0.29) is 0 Å². The number of thioether (sulfide) groups is 1. The first-order valence-corrected chi connectivity index (χ1v) is 9.27. The molecule has 0 amide bonds. The summed E-state index contributed by atoms with van der Waals surface area (Å²) in [6.07, 6.45) is 0. The summed E-state index contributed by atoms with van der Waals surface area (Å²) in [5, 5.41) is 14.7. The molecule has 0 bridgehead atoms. The first-order chi connectivity index (χ1) is 12.3. The van der Waals surface area contributed by atoms with E-state index in [0.29, 0.717) is 17.5 Å². The summed E-state index contributed by atoms with van der Waals surface area (Å²) in [5.41, 5.74) is 2.84. The van der Waals surface area contributed by atoms with E-state index >= 15 is 0 Å². The molecule has 0 saturated heterocycles. The van der Waals surface area contributed by atoms with E-state index in [0.717, 1.165) is 33.5 Å². The zero-order valence-electron chi connectivity index (χ0n) is 13.5. The minimum absolute atomic E-state index is 0.631. The van der Waals surface area contributed by atoms with Gasteiger partial charge in [0.15, 0.2) is 5.82 Å². The Morgan fingerprint density at radius 1 is 1.12 bits per heavy atom. The second-order valence-corrected chi connectivity index (χ2v) is 6.74. The number of rotatable bonds is 4. The molecular formula is C18H15ClN4OS. The van der Waals surface area contributed by atoms with Gasteiger partial charge in [0.1, 0.15) is 5.75 Å². The number of hydrogen-bond acceptors (Lipinski definition) is 5. The van der Waals surface area contributed by atoms with E-state index in [1.165, 1.54) is 0 Å². The lowest BCUT2D eigenvalue weighted by atomic mass is 10.1. The smallest absolute Gasteiger partial charge is 0.212 e. The summed E-state index contributed by atoms with van der Waals surface area (Å²) in [7, 11) is 0. The van der Waals surface area contributed by atoms with Crippen molar-refractivity contribution in [3.63, 3.8) is 0 Å². The van der Waals surface area contributed by atoms with E-state index in [4.69, 9.17) is 21.4 Å². The van der Waals surface area contributed by atoms with Gasteiger partial charge in [0.25, 0.3) is 0 Å². The lowest BCUT2D eigenvalue weighted by molar-refractivity contribution is 0.340. The van der Waals surface area contributed by atoms with Gasteiger partial charge < -0.3 is 4.74 Å². The van der Waals surface area contributed by atoms with Gasteiger partial charge in [0, 0.05) is 11.3 Å². The molecule has 5 nitrogen and oxygen atoms in total. The van der Waals surface area contributed by atoms with Gasteiger partial charge in [-0.25, -0.2) is 0 Å². The van der Waals surface area contributed by atoms with Gasteiger partial charge in [-0.05, 0) is 48.9 Å². The Morgan fingerprint density at radius 3 is 2.68 bits per heavy atom. The molecule has 0 unspecified atom stereocenters. The molecule has 2 aromatic carbocycles. The number of fused-ring (bicyclic) bond motifs is 1. The Balaban J connectivity index is 1.72. The Bertz CT molecular complexity index is 937. The van der Waals surface area contributed by atoms with Crippen molar-refractivity contribution in [3.8, 4) is 17.1 Å². The van der Waals surface area contributed by atoms with Crippen LogP contribution in [0.5, 0.6) is 5.75 Å². The normalized spacial score (nSPS) is 13.3. The van der Waals surface area contributed by atoms with Crippen LogP contribution in [0.4, 0.5) is 0 Å². The average Bonchev–Trinajstić information content (AvgIpc) is 3.06. The minimum Gasteiger partial charge on any atom is -0.494 e. The van der Waals surface area contributed by atoms with Crippen LogP contribution < -0.4 is 4.74 Å². The highest BCUT2D eigenvalue weighted by atomic mass is 35.5. The topological polar surface area (TPSA) is 52.3 Å². The molecule has 0 saturated carbocycles. The third-order valence-electron chi connectivity index (χ3n) is 3.78. The molecule has 1 aliphatic rings. The Kier molecular flexibility index (Phi) is 4.46. The zero-order valence-corrected chi connectivity index (χ0v) is 15.1. The van der Waals surface area contributed by atoms with Crippen LogP contribution in [0.2, 0.25) is 5.02 Å². The average molecular weight is 371 g/mol. The number of hydrogen-bond donors (Lipinski definition) is 0. The van der Waals surface area contributed by atoms with Crippen molar-refractivity contribution in [1.29, 1.82) is 0 Å². The second-order valence-electron chi connectivity index (χ2n) is 5.39. The molecule has 2 heterocycles. The fourth-order valence-corrected chi connectivity index (χ4v) is 3.65. The lowest BCUT2D eigenvalue weighted by Crippen LogP contribution is -2.13. The van der Waals surface area contributed by atoms with Gasteiger partial charge in [0.2, 0.25) is 5.16 Å². The lowest BCUT2D eigenvalue weighted by Gasteiger charge is -2.14. The zero-order chi connectivity index (χ0) is 17.2. The fourth-order valence-electron chi connectivity index (χ4n) is 2.59. The van der Waals surface area contributed by atoms with Gasteiger partial charge in [0.05, 0.1) is 17.3 Å². The van der Waals surface area contributed by atoms with E-state index in [1.54, 1.807) is 16.4 Å². The Morgan fingerprint density at radius 2 is 1.92 bits per heavy atom. The third-order valence-corrected chi connectivity index (χ3v) is 5.04. The summed E-state index contributed by atoms with van der Waals surface area (Å²) in [4.78, 5) is 0. The van der Waals surface area contributed by atoms with Gasteiger partial charge in [-0.1, -0.05) is 35.5 Å². The highest BCUT2D eigenvalue weighted by molar-refractivity contribution is 7.99. The van der Waals surface area contributed by atoms with Gasteiger partial charge in [-0.15, -0.1) is 10.2 Å². The largest absolute Gasteiger partial charge is 0.494 e. The van der Waals surface area contributed by atoms with E-state index in [2.05, 4.69) is 10.2 Å². The number of nitrogens with zero attached hydrogens (tertiary/aromatic N) is 4. The van der Waals surface area contributed by atoms with Crippen molar-refractivity contribution in [3.05, 3.63) is 59.1 Å². The Labute approximate surface area is 154 Å². The predicted molar refractivity (Wildman–Crippen MR) is 101 cm³/mol. The summed E-state index contributed by atoms with van der Waals surface area (Å²) in [6, 6.07) is 15.5. The second kappa shape index (κ2) is 6.90. The number of aromatic nitrogens is 3. The molecule has 0 atom stereocenters. The monoisotopic (exact) mass is 370 g/mol. The Hall–Kier alpha value is -2.31. The molecule has 3 aromatic rings. The van der Waals surface area contributed by atoms with Crippen molar-refractivity contribution < 1.29 is 4.74 Å². The molecule has 126 valence electrons. The maximum Gasteiger partial charge on any atom is 0.212 e. The molecule has 1 aromatic heterocycles. The molecule has 0 fully saturated rings. The number of halogens is 1. The highest BCUT2D eigenvalue weighted by Crippen LogP contribution is 2.31. The van der Waals surface area contributed by atoms with E-state index < -0.39 is 0 Å². The molecule has 0 radical (unpaired) electrons. The molecule has 0 aliphatic carbocycles. The molecule has 25 heavy (non-hydrogen) atoms. The molecule has 4 rings (SSSR count). The van der Waals surface area contributed by atoms with Crippen LogP contribution in [0.1, 0.15) is 12.5 Å². The maximum absolute atomic E-state index is 6.31. The third kappa shape index (κ3) is 3.15. The van der Waals surface area contributed by atoms with Crippen LogP contribution in [0.3, 0.4) is 0 Å². The summed E-state index contributed by atoms with van der Waals surface area (Å²) >= 11 is 7.92. The van der Waals surface area contributed by atoms with Crippen molar-refractivity contribution in [2.75, 3.05) is 12.4 Å². The first-order valence-electron chi connectivity index (χ1n) is 7.90. The van der Waals surface area contributed by atoms with Gasteiger partial charge in [-0.2, -0.15) is 9.78 Å². The quantitative estimate of drug-likeness (QED) is 0.684. The number of benzene rings is 2. The van der Waals surface area contributed by atoms with Gasteiger partial charge in [-0.3, -0.25) is 0 Å². The summed E-state index contributed by atoms with van der Waals surface area (Å²) in [5.74, 6) is 2.25. The van der Waals surface area contributed by atoms with Crippen LogP contribution in [-0.4, -0.2) is 32.9 Å². The van der Waals surface area contributed by atoms with Crippen LogP contribution in [0.25, 0.3) is 11.4 Å². The van der Waals surface area contributed by atoms with Gasteiger partial charge >= 0.3 is 0 Å². The molecule has 1 aliphatic heterocycles. The van der Waals surface area contributed by atoms with E-state index in [9.17, 15) is 0 Å². The van der Waals surface area contributed by atoms with E-state index in [1.807, 2.05) is 55.5 Å². The molecule has 0 spiro atoms. The molecule has 7 heteroatoms. The van der Waals surface area contributed by atoms with Crippen molar-refractivity contribution in [2.45, 2.75) is 12.1 Å². The summed E-state index contributed by atoms with van der Waals surface area (Å²) in [6.45, 7) is 2.63. The molecular weight excluding hydrogens is 356 g/mol. The SMILES string of the molecule is CCOc1ccc(C2=Nn3c(nnc3-c3ccccc3Cl)SC2)cc1. The molecule has 0 N–H and O–H groups in total. The highest BCUT2D eigenvalue weighted by Gasteiger charge is 2.21. The van der Waals surface area contributed by atoms with Crippen LogP contribution in [0, 0.1) is 0 Å². The predicted octanol–water partition coefficient (Wildman–Crippen LogP) is 4.36. The summed E-state index contributed by atoms with van der Waals surface area (Å²) < 4.78 is 7.26. The first kappa shape index (κ1) is 16.2. The van der Waals surface area contributed by atoms with Crippen molar-refractivity contribution >= 4 is 29.1 Å². The van der Waals surface area contributed by atoms with Crippen LogP contribution in [-0.2, 0) is 0 Å². The minimum atomic E-state index is 0.631. The van der Waals surface area contributed by atoms with Crippen LogP contribution >= 0.6 is 23.4 Å².